The Bertz CT molecular complexity index is 1020. The molecule has 3 aromatic rings. The molecule has 0 N–H and O–H groups in total. The fourth-order valence-corrected chi connectivity index (χ4v) is 3.04. The summed E-state index contributed by atoms with van der Waals surface area (Å²) in [4.78, 5) is 20.5. The van der Waals surface area contributed by atoms with Crippen LogP contribution in [0.15, 0.2) is 48.0 Å². The van der Waals surface area contributed by atoms with Gasteiger partial charge in [-0.05, 0) is 12.1 Å². The van der Waals surface area contributed by atoms with Crippen molar-refractivity contribution in [2.24, 2.45) is 4.99 Å². The zero-order chi connectivity index (χ0) is 17.0. The predicted octanol–water partition coefficient (Wildman–Crippen LogP) is 1.04. The summed E-state index contributed by atoms with van der Waals surface area (Å²) in [5.41, 5.74) is 2.01. The number of imidazole rings is 1. The topological polar surface area (TPSA) is 93.7 Å². The van der Waals surface area contributed by atoms with Crippen molar-refractivity contribution in [2.75, 3.05) is 23.8 Å². The van der Waals surface area contributed by atoms with E-state index in [0.29, 0.717) is 12.5 Å². The van der Waals surface area contributed by atoms with Crippen LogP contribution in [0.3, 0.4) is 0 Å². The van der Waals surface area contributed by atoms with E-state index in [1.807, 2.05) is 38.9 Å². The van der Waals surface area contributed by atoms with E-state index in [-0.39, 0.29) is 0 Å². The Morgan fingerprint density at radius 2 is 2.16 bits per heavy atom. The molecule has 0 saturated carbocycles. The maximum absolute atomic E-state index is 11.6. The Morgan fingerprint density at radius 3 is 3.04 bits per heavy atom. The number of carbonyl (C=O) groups is 1. The van der Waals surface area contributed by atoms with Crippen LogP contribution in [-0.2, 0) is 4.74 Å². The number of fused-ring (bicyclic) bond motifs is 6. The smallest absolute Gasteiger partial charge is 0.435 e. The van der Waals surface area contributed by atoms with Crippen molar-refractivity contribution in [1.29, 1.82) is 0 Å². The monoisotopic (exact) mass is 336 g/mol. The van der Waals surface area contributed by atoms with Gasteiger partial charge >= 0.3 is 6.09 Å². The number of methoxy groups -OCH3 is 1. The van der Waals surface area contributed by atoms with Crippen molar-refractivity contribution in [1.82, 2.24) is 24.5 Å². The molecule has 0 unspecified atom stereocenters. The van der Waals surface area contributed by atoms with E-state index >= 15 is 0 Å². The summed E-state index contributed by atoms with van der Waals surface area (Å²) in [5.74, 6) is 2.12. The summed E-state index contributed by atoms with van der Waals surface area (Å²) in [6.45, 7) is 0.356. The summed E-state index contributed by atoms with van der Waals surface area (Å²) in [6.07, 6.45) is 4.42. The first kappa shape index (κ1) is 13.7. The third-order valence-electron chi connectivity index (χ3n) is 4.14. The highest BCUT2D eigenvalue weighted by Gasteiger charge is 2.37. The summed E-state index contributed by atoms with van der Waals surface area (Å²) < 4.78 is 7.68. The van der Waals surface area contributed by atoms with E-state index in [1.54, 1.807) is 12.5 Å². The average molecular weight is 336 g/mol. The van der Waals surface area contributed by atoms with Gasteiger partial charge in [-0.2, -0.15) is 0 Å². The first-order valence-corrected chi connectivity index (χ1v) is 7.53. The second kappa shape index (κ2) is 4.90. The molecule has 10 heteroatoms. The number of aromatic nitrogens is 5. The minimum Gasteiger partial charge on any atom is -0.451 e. The minimum absolute atomic E-state index is 0.356. The van der Waals surface area contributed by atoms with Crippen molar-refractivity contribution in [3.8, 4) is 5.69 Å². The van der Waals surface area contributed by atoms with Crippen LogP contribution in [0.25, 0.3) is 5.69 Å². The molecule has 0 saturated heterocycles. The second-order valence-corrected chi connectivity index (χ2v) is 5.46. The lowest BCUT2D eigenvalue weighted by Gasteiger charge is -2.33. The van der Waals surface area contributed by atoms with E-state index < -0.39 is 6.09 Å². The maximum atomic E-state index is 11.6. The second-order valence-electron chi connectivity index (χ2n) is 5.46. The number of ether oxygens (including phenoxy) is 1. The fraction of sp³-hybridized carbons (Fsp3) is 0.133. The van der Waals surface area contributed by atoms with Gasteiger partial charge in [-0.15, -0.1) is 9.78 Å². The maximum Gasteiger partial charge on any atom is 0.435 e. The summed E-state index contributed by atoms with van der Waals surface area (Å²) >= 11 is 0. The number of hydrogen-bond acceptors (Lipinski definition) is 8. The lowest BCUT2D eigenvalue weighted by molar-refractivity contribution is 0.168. The molecule has 0 fully saturated rings. The first-order chi connectivity index (χ1) is 12.3. The van der Waals surface area contributed by atoms with Gasteiger partial charge in [0.05, 0.1) is 25.2 Å². The van der Waals surface area contributed by atoms with Crippen LogP contribution in [0.1, 0.15) is 5.56 Å². The third kappa shape index (κ3) is 1.81. The van der Waals surface area contributed by atoms with Gasteiger partial charge in [0, 0.05) is 5.56 Å². The normalized spacial score (nSPS) is 14.7. The molecule has 2 aromatic heterocycles. The van der Waals surface area contributed by atoms with Crippen LogP contribution < -0.4 is 10.0 Å². The summed E-state index contributed by atoms with van der Waals surface area (Å²) in [6, 6.07) is 7.99. The largest absolute Gasteiger partial charge is 0.451 e. The molecule has 0 amide bonds. The fourth-order valence-electron chi connectivity index (χ4n) is 3.04. The van der Waals surface area contributed by atoms with Gasteiger partial charge in [0.2, 0.25) is 0 Å². The summed E-state index contributed by atoms with van der Waals surface area (Å²) in [5, 5.41) is 11.6. The average Bonchev–Trinajstić information content (AvgIpc) is 3.38. The van der Waals surface area contributed by atoms with Gasteiger partial charge < -0.3 is 4.74 Å². The van der Waals surface area contributed by atoms with Gasteiger partial charge in [0.15, 0.2) is 17.5 Å². The molecule has 1 aromatic carbocycles. The lowest BCUT2D eigenvalue weighted by atomic mass is 10.1. The molecular formula is C15H12N8O2. The van der Waals surface area contributed by atoms with E-state index in [1.165, 1.54) is 13.3 Å². The molecule has 0 aliphatic carbocycles. The zero-order valence-electron chi connectivity index (χ0n) is 13.1. The number of nitrogens with zero attached hydrogens (tertiary/aromatic N) is 8. The van der Waals surface area contributed by atoms with Crippen molar-refractivity contribution < 1.29 is 9.53 Å². The van der Waals surface area contributed by atoms with Crippen LogP contribution in [0, 0.1) is 0 Å². The number of hydrazine groups is 1. The van der Waals surface area contributed by atoms with Crippen LogP contribution in [0.5, 0.6) is 0 Å². The molecule has 4 heterocycles. The Hall–Kier alpha value is -3.69. The molecule has 25 heavy (non-hydrogen) atoms. The number of benzene rings is 1. The molecule has 5 rings (SSSR count). The van der Waals surface area contributed by atoms with Gasteiger partial charge in [-0.25, -0.2) is 24.8 Å². The van der Waals surface area contributed by atoms with Crippen LogP contribution in [0.2, 0.25) is 0 Å². The van der Waals surface area contributed by atoms with Gasteiger partial charge in [-0.1, -0.05) is 17.3 Å². The Kier molecular flexibility index (Phi) is 2.69. The molecule has 124 valence electrons. The number of aliphatic imine (C=N–C) groups is 1. The van der Waals surface area contributed by atoms with Crippen molar-refractivity contribution in [3.05, 3.63) is 48.5 Å². The number of para-hydroxylation sites is 1. The molecular weight excluding hydrogens is 324 g/mol. The highest BCUT2D eigenvalue weighted by Crippen LogP contribution is 2.35. The lowest BCUT2D eigenvalue weighted by Crippen LogP contribution is -2.45. The van der Waals surface area contributed by atoms with Crippen molar-refractivity contribution >= 4 is 23.6 Å². The SMILES string of the molecule is COC(=O)n1cc(N2CN=C3c4ccccc4-n4cncc4N32)nn1. The number of anilines is 2. The first-order valence-electron chi connectivity index (χ1n) is 7.53. The number of rotatable bonds is 1. The van der Waals surface area contributed by atoms with Gasteiger partial charge in [0.25, 0.3) is 0 Å². The highest BCUT2D eigenvalue weighted by atomic mass is 16.5. The van der Waals surface area contributed by atoms with E-state index in [4.69, 9.17) is 0 Å². The molecule has 0 bridgehead atoms. The van der Waals surface area contributed by atoms with Gasteiger partial charge in [-0.3, -0.25) is 4.57 Å². The van der Waals surface area contributed by atoms with Crippen LogP contribution in [0.4, 0.5) is 16.4 Å². The Balaban J connectivity index is 1.61. The van der Waals surface area contributed by atoms with E-state index in [9.17, 15) is 4.79 Å². The minimum atomic E-state index is -0.604. The van der Waals surface area contributed by atoms with E-state index in [0.717, 1.165) is 27.6 Å². The van der Waals surface area contributed by atoms with Crippen molar-refractivity contribution in [3.63, 3.8) is 0 Å². The summed E-state index contributed by atoms with van der Waals surface area (Å²) in [7, 11) is 1.29. The number of carbonyl (C=O) groups excluding carboxylic acids is 1. The molecule has 0 atom stereocenters. The van der Waals surface area contributed by atoms with Gasteiger partial charge in [0.1, 0.15) is 13.0 Å². The third-order valence-corrected chi connectivity index (χ3v) is 4.14. The Morgan fingerprint density at radius 1 is 1.28 bits per heavy atom. The number of amidine groups is 1. The molecule has 0 radical (unpaired) electrons. The molecule has 2 aliphatic rings. The zero-order valence-corrected chi connectivity index (χ0v) is 13.1. The quantitative estimate of drug-likeness (QED) is 0.655. The molecule has 10 nitrogen and oxygen atoms in total. The van der Waals surface area contributed by atoms with Crippen molar-refractivity contribution in [2.45, 2.75) is 0 Å². The van der Waals surface area contributed by atoms with E-state index in [2.05, 4.69) is 25.0 Å². The Labute approximate surface area is 141 Å². The van der Waals surface area contributed by atoms with Crippen LogP contribution >= 0.6 is 0 Å². The highest BCUT2D eigenvalue weighted by molar-refractivity contribution is 6.16. The molecule has 0 spiro atoms. The standard InChI is InChI=1S/C15H12N8O2/c1-25-15(24)21-7-12(18-19-21)22-9-17-14-10-4-2-3-5-11(10)20-8-16-6-13(20)23(14)22/h2-8H,9H2,1H3. The van der Waals surface area contributed by atoms with Crippen LogP contribution in [-0.4, -0.2) is 50.3 Å². The predicted molar refractivity (Wildman–Crippen MR) is 87.8 cm³/mol. The number of hydrogen-bond donors (Lipinski definition) is 0. The molecule has 2 aliphatic heterocycles.